The number of Topliss-reactive ketones (excluding diaryl/α,β-unsaturated/α-hetero) is 1. The molecule has 2 saturated heterocycles. The van der Waals surface area contributed by atoms with E-state index >= 15 is 0 Å². The van der Waals surface area contributed by atoms with Crippen molar-refractivity contribution >= 4 is 5.78 Å². The lowest BCUT2D eigenvalue weighted by atomic mass is 9.43. The van der Waals surface area contributed by atoms with Crippen molar-refractivity contribution in [2.45, 2.75) is 89.8 Å². The van der Waals surface area contributed by atoms with E-state index in [-0.39, 0.29) is 23.0 Å². The molecule has 2 spiro atoms. The minimum absolute atomic E-state index is 0.111. The van der Waals surface area contributed by atoms with Crippen LogP contribution in [-0.2, 0) is 14.3 Å². The molecule has 2 N–H and O–H groups in total. The second-order valence-corrected chi connectivity index (χ2v) is 9.83. The van der Waals surface area contributed by atoms with Gasteiger partial charge in [0.15, 0.2) is 6.29 Å². The van der Waals surface area contributed by atoms with Gasteiger partial charge in [0.1, 0.15) is 11.4 Å². The molecule has 4 rings (SSSR count). The molecule has 1 unspecified atom stereocenters. The zero-order chi connectivity index (χ0) is 18.3. The van der Waals surface area contributed by atoms with E-state index in [2.05, 4.69) is 13.8 Å². The molecule has 0 amide bonds. The Morgan fingerprint density at radius 1 is 1.08 bits per heavy atom. The summed E-state index contributed by atoms with van der Waals surface area (Å²) in [7, 11) is 0. The highest BCUT2D eigenvalue weighted by Crippen LogP contribution is 2.67. The highest BCUT2D eigenvalue weighted by molar-refractivity contribution is 5.84. The minimum atomic E-state index is -0.874. The molecule has 5 heteroatoms. The molecule has 0 radical (unpaired) electrons. The van der Waals surface area contributed by atoms with Gasteiger partial charge in [-0.05, 0) is 31.6 Å². The Balaban J connectivity index is 1.79. The topological polar surface area (TPSA) is 76.0 Å². The average molecular weight is 352 g/mol. The smallest absolute Gasteiger partial charge is 0.184 e. The standard InChI is InChI=1S/C20H32O5/c1-12-11-13(21)15-17(2,3)14(22)5-6-18(15,4)20(12)8-7-19(25-20)9-10-24-16(19)23/h12,14-16,22-23H,5-11H2,1-4H3/t12-,14+,15+,16?,18+,19+,20-/m1/s1. The van der Waals surface area contributed by atoms with Crippen LogP contribution in [0.4, 0.5) is 0 Å². The number of ether oxygens (including phenoxy) is 2. The molecule has 25 heavy (non-hydrogen) atoms. The van der Waals surface area contributed by atoms with Crippen LogP contribution in [0.5, 0.6) is 0 Å². The molecule has 4 aliphatic rings. The molecule has 7 atom stereocenters. The summed E-state index contributed by atoms with van der Waals surface area (Å²) < 4.78 is 12.2. The van der Waals surface area contributed by atoms with Crippen LogP contribution in [0.15, 0.2) is 0 Å². The Morgan fingerprint density at radius 3 is 2.44 bits per heavy atom. The number of fused-ring (bicyclic) bond motifs is 2. The van der Waals surface area contributed by atoms with Crippen molar-refractivity contribution in [1.82, 2.24) is 0 Å². The summed E-state index contributed by atoms with van der Waals surface area (Å²) in [5.74, 6) is 0.158. The van der Waals surface area contributed by atoms with Crippen molar-refractivity contribution in [3.63, 3.8) is 0 Å². The zero-order valence-electron chi connectivity index (χ0n) is 15.9. The Morgan fingerprint density at radius 2 is 1.80 bits per heavy atom. The van der Waals surface area contributed by atoms with Crippen molar-refractivity contribution in [3.05, 3.63) is 0 Å². The van der Waals surface area contributed by atoms with Gasteiger partial charge in [0.25, 0.3) is 0 Å². The fraction of sp³-hybridized carbons (Fsp3) is 0.950. The summed E-state index contributed by atoms with van der Waals surface area (Å²) in [6, 6.07) is 0. The van der Waals surface area contributed by atoms with Crippen LogP contribution in [0.2, 0.25) is 0 Å². The quantitative estimate of drug-likeness (QED) is 0.700. The van der Waals surface area contributed by atoms with Gasteiger partial charge in [-0.1, -0.05) is 27.7 Å². The number of carbonyl (C=O) groups is 1. The molecule has 0 aromatic heterocycles. The number of carbonyl (C=O) groups excluding carboxylic acids is 1. The molecule has 2 aliphatic carbocycles. The number of rotatable bonds is 0. The van der Waals surface area contributed by atoms with Gasteiger partial charge < -0.3 is 19.7 Å². The molecule has 2 heterocycles. The number of ketones is 1. The molecular weight excluding hydrogens is 320 g/mol. The largest absolute Gasteiger partial charge is 0.393 e. The molecule has 2 saturated carbocycles. The number of aliphatic hydroxyl groups is 2. The van der Waals surface area contributed by atoms with Crippen molar-refractivity contribution in [2.75, 3.05) is 6.61 Å². The van der Waals surface area contributed by atoms with Crippen molar-refractivity contribution in [1.29, 1.82) is 0 Å². The first kappa shape index (κ1) is 17.9. The van der Waals surface area contributed by atoms with Crippen LogP contribution >= 0.6 is 0 Å². The van der Waals surface area contributed by atoms with Crippen LogP contribution in [0, 0.1) is 22.7 Å². The van der Waals surface area contributed by atoms with Crippen LogP contribution in [0.1, 0.15) is 66.2 Å². The van der Waals surface area contributed by atoms with Crippen LogP contribution in [-0.4, -0.2) is 46.2 Å². The highest BCUT2D eigenvalue weighted by Gasteiger charge is 2.71. The van der Waals surface area contributed by atoms with E-state index in [1.807, 2.05) is 13.8 Å². The lowest BCUT2D eigenvalue weighted by Crippen LogP contribution is -2.68. The molecular formula is C20H32O5. The maximum Gasteiger partial charge on any atom is 0.184 e. The van der Waals surface area contributed by atoms with Crippen molar-refractivity contribution < 1.29 is 24.5 Å². The number of aliphatic hydroxyl groups excluding tert-OH is 2. The van der Waals surface area contributed by atoms with Crippen molar-refractivity contribution in [3.8, 4) is 0 Å². The van der Waals surface area contributed by atoms with E-state index in [4.69, 9.17) is 9.47 Å². The van der Waals surface area contributed by atoms with Crippen molar-refractivity contribution in [2.24, 2.45) is 22.7 Å². The monoisotopic (exact) mass is 352 g/mol. The van der Waals surface area contributed by atoms with Gasteiger partial charge in [-0.25, -0.2) is 0 Å². The third kappa shape index (κ3) is 2.07. The average Bonchev–Trinajstić information content (AvgIpc) is 3.08. The van der Waals surface area contributed by atoms with E-state index in [1.165, 1.54) is 0 Å². The third-order valence-electron chi connectivity index (χ3n) is 8.33. The second kappa shape index (κ2) is 5.28. The summed E-state index contributed by atoms with van der Waals surface area (Å²) in [4.78, 5) is 13.1. The van der Waals surface area contributed by atoms with Crippen LogP contribution < -0.4 is 0 Å². The normalized spacial score (nSPS) is 55.0. The predicted octanol–water partition coefficient (Wildman–Crippen LogP) is 2.43. The van der Waals surface area contributed by atoms with Gasteiger partial charge in [0.05, 0.1) is 18.3 Å². The maximum atomic E-state index is 13.1. The van der Waals surface area contributed by atoms with E-state index < -0.39 is 29.0 Å². The van der Waals surface area contributed by atoms with Gasteiger partial charge >= 0.3 is 0 Å². The summed E-state index contributed by atoms with van der Waals surface area (Å²) in [6.45, 7) is 8.90. The summed E-state index contributed by atoms with van der Waals surface area (Å²) >= 11 is 0. The van der Waals surface area contributed by atoms with Gasteiger partial charge in [-0.2, -0.15) is 0 Å². The van der Waals surface area contributed by atoms with E-state index in [0.29, 0.717) is 25.9 Å². The Hall–Kier alpha value is -0.490. The fourth-order valence-electron chi connectivity index (χ4n) is 6.92. The first-order chi connectivity index (χ1) is 11.6. The lowest BCUT2D eigenvalue weighted by molar-refractivity contribution is -0.273. The second-order valence-electron chi connectivity index (χ2n) is 9.83. The first-order valence-electron chi connectivity index (χ1n) is 9.80. The van der Waals surface area contributed by atoms with Gasteiger partial charge in [-0.3, -0.25) is 4.79 Å². The Kier molecular flexibility index (Phi) is 3.78. The minimum Gasteiger partial charge on any atom is -0.393 e. The molecule has 2 aliphatic heterocycles. The molecule has 0 bridgehead atoms. The van der Waals surface area contributed by atoms with Crippen LogP contribution in [0.3, 0.4) is 0 Å². The Bertz CT molecular complexity index is 589. The summed E-state index contributed by atoms with van der Waals surface area (Å²) in [5, 5.41) is 21.0. The third-order valence-corrected chi connectivity index (χ3v) is 8.33. The number of hydrogen-bond donors (Lipinski definition) is 2. The molecule has 0 aromatic rings. The van der Waals surface area contributed by atoms with E-state index in [1.54, 1.807) is 0 Å². The molecule has 4 fully saturated rings. The summed E-state index contributed by atoms with van der Waals surface area (Å²) in [6.07, 6.45) is 2.96. The maximum absolute atomic E-state index is 13.1. The van der Waals surface area contributed by atoms with Gasteiger partial charge in [-0.15, -0.1) is 0 Å². The predicted molar refractivity (Wildman–Crippen MR) is 91.8 cm³/mol. The van der Waals surface area contributed by atoms with Gasteiger partial charge in [0.2, 0.25) is 0 Å². The van der Waals surface area contributed by atoms with E-state index in [0.717, 1.165) is 19.3 Å². The highest BCUT2D eigenvalue weighted by atomic mass is 16.7. The first-order valence-corrected chi connectivity index (χ1v) is 9.80. The molecule has 5 nitrogen and oxygen atoms in total. The summed E-state index contributed by atoms with van der Waals surface area (Å²) in [5.41, 5.74) is -1.84. The SMILES string of the molecule is C[C@@H]1CC(=O)[C@H]2C(C)(C)[C@@H](O)CC[C@]2(C)[C@@]12CC[C@@]1(CCOC1O)O2. The van der Waals surface area contributed by atoms with Gasteiger partial charge in [0, 0.05) is 29.6 Å². The zero-order valence-corrected chi connectivity index (χ0v) is 15.9. The fourth-order valence-corrected chi connectivity index (χ4v) is 6.92. The molecule has 0 aromatic carbocycles. The Labute approximate surface area is 150 Å². The van der Waals surface area contributed by atoms with Crippen LogP contribution in [0.25, 0.3) is 0 Å². The lowest BCUT2D eigenvalue weighted by Gasteiger charge is -2.63. The number of hydrogen-bond acceptors (Lipinski definition) is 5. The van der Waals surface area contributed by atoms with E-state index in [9.17, 15) is 15.0 Å². The molecule has 142 valence electrons.